The SMILES string of the molecule is CC(C)c1ccc(OCC(=O)OCC(=O)NCCC2=CCCCC2)cc1. The molecule has 0 spiro atoms. The van der Waals surface area contributed by atoms with Gasteiger partial charge < -0.3 is 14.8 Å². The molecule has 5 heteroatoms. The monoisotopic (exact) mass is 359 g/mol. The summed E-state index contributed by atoms with van der Waals surface area (Å²) in [5.74, 6) is 0.220. The maximum Gasteiger partial charge on any atom is 0.344 e. The summed E-state index contributed by atoms with van der Waals surface area (Å²) < 4.78 is 10.3. The summed E-state index contributed by atoms with van der Waals surface area (Å²) in [5.41, 5.74) is 2.62. The molecule has 1 aromatic carbocycles. The predicted molar refractivity (Wildman–Crippen MR) is 101 cm³/mol. The van der Waals surface area contributed by atoms with Crippen molar-refractivity contribution in [1.82, 2.24) is 5.32 Å². The first kappa shape index (κ1) is 20.0. The second-order valence-electron chi connectivity index (χ2n) is 6.88. The highest BCUT2D eigenvalue weighted by Crippen LogP contribution is 2.19. The number of benzene rings is 1. The number of rotatable bonds is 9. The molecule has 0 bridgehead atoms. The minimum absolute atomic E-state index is 0.207. The zero-order chi connectivity index (χ0) is 18.8. The van der Waals surface area contributed by atoms with Crippen LogP contribution < -0.4 is 10.1 Å². The predicted octanol–water partition coefficient (Wildman–Crippen LogP) is 3.74. The van der Waals surface area contributed by atoms with Gasteiger partial charge in [-0.2, -0.15) is 0 Å². The van der Waals surface area contributed by atoms with Gasteiger partial charge in [-0.05, 0) is 55.7 Å². The zero-order valence-electron chi connectivity index (χ0n) is 15.8. The van der Waals surface area contributed by atoms with Crippen molar-refractivity contribution in [3.8, 4) is 5.75 Å². The molecular weight excluding hydrogens is 330 g/mol. The molecule has 0 saturated heterocycles. The van der Waals surface area contributed by atoms with Crippen molar-refractivity contribution >= 4 is 11.9 Å². The molecule has 0 heterocycles. The quantitative estimate of drug-likeness (QED) is 0.539. The van der Waals surface area contributed by atoms with Gasteiger partial charge in [0.15, 0.2) is 13.2 Å². The van der Waals surface area contributed by atoms with E-state index in [9.17, 15) is 9.59 Å². The average Bonchev–Trinajstić information content (AvgIpc) is 2.66. The van der Waals surface area contributed by atoms with E-state index in [4.69, 9.17) is 9.47 Å². The van der Waals surface area contributed by atoms with Crippen molar-refractivity contribution in [3.05, 3.63) is 41.5 Å². The minimum Gasteiger partial charge on any atom is -0.482 e. The molecule has 0 atom stereocenters. The third kappa shape index (κ3) is 7.30. The van der Waals surface area contributed by atoms with Crippen LogP contribution in [0.15, 0.2) is 35.9 Å². The van der Waals surface area contributed by atoms with Gasteiger partial charge in [-0.25, -0.2) is 4.79 Å². The van der Waals surface area contributed by atoms with Crippen LogP contribution >= 0.6 is 0 Å². The lowest BCUT2D eigenvalue weighted by Crippen LogP contribution is -2.30. The van der Waals surface area contributed by atoms with Gasteiger partial charge in [-0.1, -0.05) is 37.6 Å². The van der Waals surface area contributed by atoms with E-state index < -0.39 is 5.97 Å². The van der Waals surface area contributed by atoms with Crippen LogP contribution in [0, 0.1) is 0 Å². The highest BCUT2D eigenvalue weighted by Gasteiger charge is 2.09. The Labute approximate surface area is 155 Å². The van der Waals surface area contributed by atoms with Crippen molar-refractivity contribution in [2.24, 2.45) is 0 Å². The summed E-state index contributed by atoms with van der Waals surface area (Å²) in [7, 11) is 0. The summed E-state index contributed by atoms with van der Waals surface area (Å²) in [6, 6.07) is 7.60. The van der Waals surface area contributed by atoms with Gasteiger partial charge in [0, 0.05) is 6.54 Å². The average molecular weight is 359 g/mol. The van der Waals surface area contributed by atoms with Crippen molar-refractivity contribution in [1.29, 1.82) is 0 Å². The van der Waals surface area contributed by atoms with Crippen molar-refractivity contribution in [3.63, 3.8) is 0 Å². The van der Waals surface area contributed by atoms with Gasteiger partial charge in [0.05, 0.1) is 0 Å². The van der Waals surface area contributed by atoms with Crippen molar-refractivity contribution < 1.29 is 19.1 Å². The van der Waals surface area contributed by atoms with E-state index in [0.717, 1.165) is 19.3 Å². The summed E-state index contributed by atoms with van der Waals surface area (Å²) in [6.45, 7) is 4.34. The van der Waals surface area contributed by atoms with E-state index in [0.29, 0.717) is 18.2 Å². The molecule has 26 heavy (non-hydrogen) atoms. The molecule has 5 nitrogen and oxygen atoms in total. The van der Waals surface area contributed by atoms with E-state index in [2.05, 4.69) is 25.2 Å². The first-order valence-corrected chi connectivity index (χ1v) is 9.37. The molecule has 2 rings (SSSR count). The highest BCUT2D eigenvalue weighted by atomic mass is 16.6. The molecule has 1 aliphatic rings. The van der Waals surface area contributed by atoms with Crippen LogP contribution in [0.4, 0.5) is 0 Å². The number of allylic oxidation sites excluding steroid dienone is 1. The first-order chi connectivity index (χ1) is 12.5. The Morgan fingerprint density at radius 1 is 1.12 bits per heavy atom. The third-order valence-electron chi connectivity index (χ3n) is 4.42. The van der Waals surface area contributed by atoms with Crippen LogP contribution in [-0.2, 0) is 14.3 Å². The summed E-state index contributed by atoms with van der Waals surface area (Å²) >= 11 is 0. The van der Waals surface area contributed by atoms with Gasteiger partial charge in [0.25, 0.3) is 5.91 Å². The number of hydrogen-bond donors (Lipinski definition) is 1. The topological polar surface area (TPSA) is 64.6 Å². The molecule has 0 fully saturated rings. The van der Waals surface area contributed by atoms with Crippen LogP contribution in [0.5, 0.6) is 5.75 Å². The number of carbonyl (C=O) groups excluding carboxylic acids is 2. The molecule has 0 aliphatic heterocycles. The van der Waals surface area contributed by atoms with E-state index in [1.807, 2.05) is 24.3 Å². The van der Waals surface area contributed by atoms with E-state index >= 15 is 0 Å². The van der Waals surface area contributed by atoms with Gasteiger partial charge in [0.2, 0.25) is 0 Å². The number of esters is 1. The fourth-order valence-corrected chi connectivity index (χ4v) is 2.82. The second-order valence-corrected chi connectivity index (χ2v) is 6.88. The van der Waals surface area contributed by atoms with Crippen LogP contribution in [0.25, 0.3) is 0 Å². The number of hydrogen-bond acceptors (Lipinski definition) is 4. The number of amides is 1. The molecule has 142 valence electrons. The summed E-state index contributed by atoms with van der Waals surface area (Å²) in [6.07, 6.45) is 7.89. The number of ether oxygens (including phenoxy) is 2. The lowest BCUT2D eigenvalue weighted by Gasteiger charge is -2.13. The second kappa shape index (κ2) is 10.6. The van der Waals surface area contributed by atoms with E-state index in [1.165, 1.54) is 24.0 Å². The molecular formula is C21H29NO4. The fraction of sp³-hybridized carbons (Fsp3) is 0.524. The Kier molecular flexibility index (Phi) is 8.19. The Morgan fingerprint density at radius 2 is 1.88 bits per heavy atom. The largest absolute Gasteiger partial charge is 0.482 e. The minimum atomic E-state index is -0.553. The van der Waals surface area contributed by atoms with Gasteiger partial charge in [0.1, 0.15) is 5.75 Å². The number of nitrogens with one attached hydrogen (secondary N) is 1. The molecule has 0 radical (unpaired) electrons. The van der Waals surface area contributed by atoms with Gasteiger partial charge in [-0.3, -0.25) is 4.79 Å². The molecule has 0 aromatic heterocycles. The van der Waals surface area contributed by atoms with Crippen molar-refractivity contribution in [2.45, 2.75) is 51.9 Å². The fourth-order valence-electron chi connectivity index (χ4n) is 2.82. The maximum atomic E-state index is 11.7. The van der Waals surface area contributed by atoms with Crippen LogP contribution in [0.3, 0.4) is 0 Å². The first-order valence-electron chi connectivity index (χ1n) is 9.37. The lowest BCUT2D eigenvalue weighted by atomic mass is 9.97. The Balaban J connectivity index is 1.58. The van der Waals surface area contributed by atoms with Gasteiger partial charge in [-0.15, -0.1) is 0 Å². The molecule has 1 N–H and O–H groups in total. The molecule has 1 aliphatic carbocycles. The normalized spacial score (nSPS) is 13.9. The molecule has 0 unspecified atom stereocenters. The Hall–Kier alpha value is -2.30. The lowest BCUT2D eigenvalue weighted by molar-refractivity contribution is -0.150. The van der Waals surface area contributed by atoms with Crippen LogP contribution in [0.2, 0.25) is 0 Å². The smallest absolute Gasteiger partial charge is 0.344 e. The van der Waals surface area contributed by atoms with Crippen LogP contribution in [0.1, 0.15) is 57.4 Å². The third-order valence-corrected chi connectivity index (χ3v) is 4.42. The maximum absolute atomic E-state index is 11.7. The van der Waals surface area contributed by atoms with Gasteiger partial charge >= 0.3 is 5.97 Å². The summed E-state index contributed by atoms with van der Waals surface area (Å²) in [5, 5.41) is 2.78. The Bertz CT molecular complexity index is 619. The highest BCUT2D eigenvalue weighted by molar-refractivity contribution is 5.80. The standard InChI is InChI=1S/C21H29NO4/c1-16(2)18-8-10-19(11-9-18)25-15-21(24)26-14-20(23)22-13-12-17-6-4-3-5-7-17/h6,8-11,16H,3-5,7,12-15H2,1-2H3,(H,22,23). The number of carbonyl (C=O) groups is 2. The van der Waals surface area contributed by atoms with E-state index in [-0.39, 0.29) is 19.1 Å². The summed E-state index contributed by atoms with van der Waals surface area (Å²) in [4.78, 5) is 23.4. The zero-order valence-corrected chi connectivity index (χ0v) is 15.8. The van der Waals surface area contributed by atoms with E-state index in [1.54, 1.807) is 0 Å². The molecule has 1 amide bonds. The molecule has 0 saturated carbocycles. The molecule has 1 aromatic rings. The van der Waals surface area contributed by atoms with Crippen molar-refractivity contribution in [2.75, 3.05) is 19.8 Å². The Morgan fingerprint density at radius 3 is 2.54 bits per heavy atom. The van der Waals surface area contributed by atoms with Crippen LogP contribution in [-0.4, -0.2) is 31.6 Å².